The number of hydrogen-bond acceptors (Lipinski definition) is 5. The Balaban J connectivity index is 1.11. The minimum Gasteiger partial charge on any atom is -0.493 e. The molecule has 1 amide bonds. The van der Waals surface area contributed by atoms with Gasteiger partial charge in [-0.2, -0.15) is 0 Å². The third kappa shape index (κ3) is 6.96. The number of carboxylic acids is 1. The van der Waals surface area contributed by atoms with Gasteiger partial charge in [0, 0.05) is 30.0 Å². The van der Waals surface area contributed by atoms with Crippen molar-refractivity contribution in [3.63, 3.8) is 0 Å². The number of hydrogen-bond donors (Lipinski definition) is 2. The van der Waals surface area contributed by atoms with Crippen molar-refractivity contribution in [2.24, 2.45) is 5.92 Å². The Morgan fingerprint density at radius 2 is 1.48 bits per heavy atom. The fourth-order valence-electron chi connectivity index (χ4n) is 4.59. The van der Waals surface area contributed by atoms with Crippen molar-refractivity contribution in [3.8, 4) is 17.2 Å². The van der Waals surface area contributed by atoms with Gasteiger partial charge in [-0.3, -0.25) is 4.79 Å². The number of carbonyl (C=O) groups is 2. The Hall–Kier alpha value is -4.85. The molecule has 1 aliphatic rings. The summed E-state index contributed by atoms with van der Waals surface area (Å²) < 4.78 is 24.7. The second kappa shape index (κ2) is 12.3. The predicted molar refractivity (Wildman–Crippen MR) is 151 cm³/mol. The van der Waals surface area contributed by atoms with Crippen molar-refractivity contribution in [3.05, 3.63) is 114 Å². The Kier molecular flexibility index (Phi) is 8.25. The lowest BCUT2D eigenvalue weighted by atomic mass is 9.97. The highest BCUT2D eigenvalue weighted by Gasteiger charge is 2.20. The maximum Gasteiger partial charge on any atom is 0.335 e. The van der Waals surface area contributed by atoms with Crippen LogP contribution in [0.15, 0.2) is 97.1 Å². The molecule has 5 rings (SSSR count). The first-order chi connectivity index (χ1) is 19.4. The van der Waals surface area contributed by atoms with Crippen molar-refractivity contribution in [1.29, 1.82) is 0 Å². The minimum atomic E-state index is -0.966. The van der Waals surface area contributed by atoms with Crippen LogP contribution in [0.1, 0.15) is 33.6 Å². The number of ether oxygens (including phenoxy) is 2. The second-order valence-electron chi connectivity index (χ2n) is 9.66. The molecule has 0 unspecified atom stereocenters. The summed E-state index contributed by atoms with van der Waals surface area (Å²) in [5, 5.41) is 12.1. The molecule has 4 aromatic carbocycles. The van der Waals surface area contributed by atoms with Crippen LogP contribution < -0.4 is 19.7 Å². The van der Waals surface area contributed by atoms with Gasteiger partial charge in [0.1, 0.15) is 23.1 Å². The lowest BCUT2D eigenvalue weighted by Crippen LogP contribution is -2.35. The number of piperidine rings is 1. The first kappa shape index (κ1) is 26.7. The quantitative estimate of drug-likeness (QED) is 0.241. The van der Waals surface area contributed by atoms with Gasteiger partial charge in [-0.05, 0) is 104 Å². The summed E-state index contributed by atoms with van der Waals surface area (Å²) in [5.41, 5.74) is 2.44. The van der Waals surface area contributed by atoms with Gasteiger partial charge in [-0.15, -0.1) is 0 Å². The van der Waals surface area contributed by atoms with Crippen LogP contribution in [0.2, 0.25) is 0 Å². The van der Waals surface area contributed by atoms with E-state index in [4.69, 9.17) is 14.6 Å². The van der Waals surface area contributed by atoms with Crippen molar-refractivity contribution < 1.29 is 28.6 Å². The third-order valence-corrected chi connectivity index (χ3v) is 6.82. The van der Waals surface area contributed by atoms with Gasteiger partial charge in [0.25, 0.3) is 5.91 Å². The molecule has 0 saturated carbocycles. The molecule has 8 heteroatoms. The van der Waals surface area contributed by atoms with Crippen LogP contribution in [-0.4, -0.2) is 36.7 Å². The van der Waals surface area contributed by atoms with E-state index in [1.165, 1.54) is 24.3 Å². The van der Waals surface area contributed by atoms with Crippen LogP contribution in [0.25, 0.3) is 0 Å². The number of carboxylic acid groups (broad SMARTS) is 1. The van der Waals surface area contributed by atoms with Gasteiger partial charge < -0.3 is 24.8 Å². The van der Waals surface area contributed by atoms with Gasteiger partial charge in [0.15, 0.2) is 0 Å². The number of nitrogens with one attached hydrogen (secondary N) is 1. The van der Waals surface area contributed by atoms with E-state index in [1.807, 2.05) is 24.3 Å². The summed E-state index contributed by atoms with van der Waals surface area (Å²) in [6, 6.07) is 26.9. The van der Waals surface area contributed by atoms with Crippen LogP contribution in [0.4, 0.5) is 15.8 Å². The first-order valence-corrected chi connectivity index (χ1v) is 13.1. The molecular weight excluding hydrogens is 511 g/mol. The van der Waals surface area contributed by atoms with E-state index in [9.17, 15) is 14.0 Å². The molecule has 1 heterocycles. The molecule has 1 fully saturated rings. The van der Waals surface area contributed by atoms with E-state index in [1.54, 1.807) is 48.5 Å². The average Bonchev–Trinajstić information content (AvgIpc) is 2.98. The molecule has 7 nitrogen and oxygen atoms in total. The van der Waals surface area contributed by atoms with Gasteiger partial charge in [0.2, 0.25) is 0 Å². The smallest absolute Gasteiger partial charge is 0.335 e. The van der Waals surface area contributed by atoms with Gasteiger partial charge >= 0.3 is 5.97 Å². The number of nitrogens with zero attached hydrogens (tertiary/aromatic N) is 1. The number of benzene rings is 4. The SMILES string of the molecule is O=C(O)c1cccc(OCC2CCN(c3ccc(NC(=O)c4cccc(Oc5ccc(F)cc5)c4)cc3)CC2)c1. The van der Waals surface area contributed by atoms with E-state index in [-0.39, 0.29) is 17.3 Å². The van der Waals surface area contributed by atoms with E-state index >= 15 is 0 Å². The molecule has 0 aliphatic carbocycles. The number of rotatable bonds is 9. The van der Waals surface area contributed by atoms with E-state index in [0.29, 0.717) is 41.0 Å². The lowest BCUT2D eigenvalue weighted by molar-refractivity contribution is 0.0696. The van der Waals surface area contributed by atoms with Crippen LogP contribution in [0, 0.1) is 11.7 Å². The molecule has 40 heavy (non-hydrogen) atoms. The number of amides is 1. The van der Waals surface area contributed by atoms with Crippen molar-refractivity contribution in [2.75, 3.05) is 29.9 Å². The van der Waals surface area contributed by atoms with Crippen LogP contribution in [-0.2, 0) is 0 Å². The maximum atomic E-state index is 13.1. The fourth-order valence-corrected chi connectivity index (χ4v) is 4.59. The predicted octanol–water partition coefficient (Wildman–Crippen LogP) is 6.86. The molecular formula is C32H29FN2O5. The standard InChI is InChI=1S/C32H29FN2O5/c33-25-7-13-28(14-8-25)40-30-6-1-3-23(19-30)31(36)34-26-9-11-27(12-10-26)35-17-15-22(16-18-35)21-39-29-5-2-4-24(20-29)32(37)38/h1-14,19-20,22H,15-18,21H2,(H,34,36)(H,37,38). The Bertz CT molecular complexity index is 1470. The molecule has 1 saturated heterocycles. The Labute approximate surface area is 231 Å². The average molecular weight is 541 g/mol. The van der Waals surface area contributed by atoms with Gasteiger partial charge in [-0.1, -0.05) is 12.1 Å². The molecule has 2 N–H and O–H groups in total. The summed E-state index contributed by atoms with van der Waals surface area (Å²) in [4.78, 5) is 26.3. The molecule has 4 aromatic rings. The molecule has 0 spiro atoms. The summed E-state index contributed by atoms with van der Waals surface area (Å²) in [6.07, 6.45) is 1.93. The summed E-state index contributed by atoms with van der Waals surface area (Å²) in [6.45, 7) is 2.32. The van der Waals surface area contributed by atoms with E-state index in [2.05, 4.69) is 10.2 Å². The normalized spacial score (nSPS) is 13.5. The van der Waals surface area contributed by atoms with Crippen molar-refractivity contribution in [1.82, 2.24) is 0 Å². The molecule has 0 aromatic heterocycles. The van der Waals surface area contributed by atoms with Gasteiger partial charge in [0.05, 0.1) is 12.2 Å². The number of carbonyl (C=O) groups excluding carboxylic acids is 1. The number of aromatic carboxylic acids is 1. The van der Waals surface area contributed by atoms with Crippen LogP contribution >= 0.6 is 0 Å². The van der Waals surface area contributed by atoms with Crippen molar-refractivity contribution in [2.45, 2.75) is 12.8 Å². The Morgan fingerprint density at radius 1 is 0.825 bits per heavy atom. The summed E-state index contributed by atoms with van der Waals surface area (Å²) in [7, 11) is 0. The highest BCUT2D eigenvalue weighted by atomic mass is 19.1. The second-order valence-corrected chi connectivity index (χ2v) is 9.66. The number of halogens is 1. The molecule has 0 bridgehead atoms. The Morgan fingerprint density at radius 3 is 2.17 bits per heavy atom. The summed E-state index contributed by atoms with van der Waals surface area (Å²) in [5.74, 6) is 0.370. The maximum absolute atomic E-state index is 13.1. The number of anilines is 2. The molecule has 0 radical (unpaired) electrons. The highest BCUT2D eigenvalue weighted by molar-refractivity contribution is 6.04. The monoisotopic (exact) mass is 540 g/mol. The molecule has 1 aliphatic heterocycles. The topological polar surface area (TPSA) is 88.1 Å². The first-order valence-electron chi connectivity index (χ1n) is 13.1. The van der Waals surface area contributed by atoms with Crippen LogP contribution in [0.3, 0.4) is 0 Å². The molecule has 0 atom stereocenters. The van der Waals surface area contributed by atoms with Gasteiger partial charge in [-0.25, -0.2) is 9.18 Å². The van der Waals surface area contributed by atoms with E-state index in [0.717, 1.165) is 31.6 Å². The summed E-state index contributed by atoms with van der Waals surface area (Å²) >= 11 is 0. The minimum absolute atomic E-state index is 0.219. The van der Waals surface area contributed by atoms with Crippen molar-refractivity contribution >= 4 is 23.3 Å². The third-order valence-electron chi connectivity index (χ3n) is 6.82. The van der Waals surface area contributed by atoms with Crippen LogP contribution in [0.5, 0.6) is 17.2 Å². The zero-order valence-electron chi connectivity index (χ0n) is 21.8. The molecule has 204 valence electrons. The zero-order chi connectivity index (χ0) is 27.9. The fraction of sp³-hybridized carbons (Fsp3) is 0.188. The zero-order valence-corrected chi connectivity index (χ0v) is 21.8. The largest absolute Gasteiger partial charge is 0.493 e. The lowest BCUT2D eigenvalue weighted by Gasteiger charge is -2.33. The highest BCUT2D eigenvalue weighted by Crippen LogP contribution is 2.27. The van der Waals surface area contributed by atoms with E-state index < -0.39 is 5.97 Å².